The van der Waals surface area contributed by atoms with E-state index < -0.39 is 5.97 Å². The second-order valence-electron chi connectivity index (χ2n) is 5.74. The van der Waals surface area contributed by atoms with Gasteiger partial charge in [-0.05, 0) is 36.5 Å². The summed E-state index contributed by atoms with van der Waals surface area (Å²) >= 11 is 0. The molecule has 2 fully saturated rings. The van der Waals surface area contributed by atoms with E-state index in [0.717, 1.165) is 19.3 Å². The van der Waals surface area contributed by atoms with Crippen LogP contribution in [-0.2, 0) is 4.79 Å². The predicted octanol–water partition coefficient (Wildman–Crippen LogP) is 1.47. The lowest BCUT2D eigenvalue weighted by Gasteiger charge is -2.54. The van der Waals surface area contributed by atoms with E-state index in [1.807, 2.05) is 0 Å². The minimum atomic E-state index is -0.629. The first-order valence-corrected chi connectivity index (χ1v) is 5.39. The van der Waals surface area contributed by atoms with E-state index in [-0.39, 0.29) is 17.4 Å². The molecule has 3 N–H and O–H groups in total. The molecule has 14 heavy (non-hydrogen) atoms. The third-order valence-electron chi connectivity index (χ3n) is 4.04. The molecule has 2 rings (SSSR count). The fraction of sp³-hybridized carbons (Fsp3) is 0.909. The van der Waals surface area contributed by atoms with Crippen LogP contribution in [0.4, 0.5) is 0 Å². The SMILES string of the molecule is CC1(C)CC(N)C2CC(C(=O)O)C2C1. The van der Waals surface area contributed by atoms with Crippen LogP contribution in [0, 0.1) is 23.2 Å². The first-order chi connectivity index (χ1) is 6.41. The minimum absolute atomic E-state index is 0.120. The molecule has 4 unspecified atom stereocenters. The maximum atomic E-state index is 10.9. The van der Waals surface area contributed by atoms with Crippen molar-refractivity contribution in [3.63, 3.8) is 0 Å². The van der Waals surface area contributed by atoms with Gasteiger partial charge in [0.2, 0.25) is 0 Å². The molecule has 0 bridgehead atoms. The third-order valence-corrected chi connectivity index (χ3v) is 4.04. The summed E-state index contributed by atoms with van der Waals surface area (Å²) in [7, 11) is 0. The fourth-order valence-corrected chi connectivity index (χ4v) is 3.33. The summed E-state index contributed by atoms with van der Waals surface area (Å²) in [4.78, 5) is 10.9. The van der Waals surface area contributed by atoms with Crippen molar-refractivity contribution in [1.82, 2.24) is 0 Å². The summed E-state index contributed by atoms with van der Waals surface area (Å²) in [6.45, 7) is 4.39. The van der Waals surface area contributed by atoms with Crippen LogP contribution in [0.25, 0.3) is 0 Å². The average molecular weight is 197 g/mol. The zero-order valence-corrected chi connectivity index (χ0v) is 8.86. The molecule has 0 saturated heterocycles. The Morgan fingerprint density at radius 3 is 2.57 bits per heavy atom. The number of rotatable bonds is 1. The van der Waals surface area contributed by atoms with Crippen molar-refractivity contribution in [2.45, 2.75) is 39.2 Å². The smallest absolute Gasteiger partial charge is 0.306 e. The Bertz CT molecular complexity index is 262. The van der Waals surface area contributed by atoms with E-state index in [1.54, 1.807) is 0 Å². The Morgan fingerprint density at radius 1 is 1.36 bits per heavy atom. The Hall–Kier alpha value is -0.570. The van der Waals surface area contributed by atoms with Crippen LogP contribution in [0.1, 0.15) is 33.1 Å². The lowest BCUT2D eigenvalue weighted by atomic mass is 9.52. The number of fused-ring (bicyclic) bond motifs is 1. The van der Waals surface area contributed by atoms with Crippen molar-refractivity contribution in [2.24, 2.45) is 28.9 Å². The van der Waals surface area contributed by atoms with Gasteiger partial charge in [-0.15, -0.1) is 0 Å². The molecule has 0 amide bonds. The van der Waals surface area contributed by atoms with Crippen LogP contribution in [0.3, 0.4) is 0 Å². The lowest BCUT2D eigenvalue weighted by Crippen LogP contribution is -2.56. The summed E-state index contributed by atoms with van der Waals surface area (Å²) < 4.78 is 0. The van der Waals surface area contributed by atoms with Gasteiger partial charge in [-0.25, -0.2) is 0 Å². The molecule has 0 heterocycles. The largest absolute Gasteiger partial charge is 0.481 e. The van der Waals surface area contributed by atoms with Crippen LogP contribution in [0.2, 0.25) is 0 Å². The molecule has 0 aliphatic heterocycles. The molecule has 0 aromatic heterocycles. The number of aliphatic carboxylic acids is 1. The summed E-state index contributed by atoms with van der Waals surface area (Å²) in [6.07, 6.45) is 2.88. The van der Waals surface area contributed by atoms with E-state index in [4.69, 9.17) is 10.8 Å². The standard InChI is InChI=1S/C11H19NO2/c1-11(2)4-8-6(9(12)5-11)3-7(8)10(13)14/h6-9H,3-5,12H2,1-2H3,(H,13,14). The second-order valence-corrected chi connectivity index (χ2v) is 5.74. The first-order valence-electron chi connectivity index (χ1n) is 5.39. The maximum Gasteiger partial charge on any atom is 0.306 e. The van der Waals surface area contributed by atoms with Gasteiger partial charge in [0.25, 0.3) is 0 Å². The van der Waals surface area contributed by atoms with Crippen LogP contribution < -0.4 is 5.73 Å². The number of nitrogens with two attached hydrogens (primary N) is 1. The Balaban J connectivity index is 2.09. The normalized spacial score (nSPS) is 45.1. The molecule has 3 heteroatoms. The molecule has 0 aromatic carbocycles. The number of carboxylic acids is 1. The van der Waals surface area contributed by atoms with Crippen LogP contribution >= 0.6 is 0 Å². The zero-order valence-electron chi connectivity index (χ0n) is 8.86. The van der Waals surface area contributed by atoms with E-state index in [9.17, 15) is 4.79 Å². The highest BCUT2D eigenvalue weighted by Gasteiger charge is 2.52. The predicted molar refractivity (Wildman–Crippen MR) is 53.7 cm³/mol. The van der Waals surface area contributed by atoms with Crippen LogP contribution in [0.5, 0.6) is 0 Å². The monoisotopic (exact) mass is 197 g/mol. The molecule has 0 radical (unpaired) electrons. The molecule has 2 aliphatic rings. The molecule has 0 spiro atoms. The van der Waals surface area contributed by atoms with E-state index >= 15 is 0 Å². The molecular formula is C11H19NO2. The van der Waals surface area contributed by atoms with Gasteiger partial charge in [0.15, 0.2) is 0 Å². The lowest BCUT2D eigenvalue weighted by molar-refractivity contribution is -0.156. The highest BCUT2D eigenvalue weighted by molar-refractivity contribution is 5.71. The van der Waals surface area contributed by atoms with Gasteiger partial charge in [0.05, 0.1) is 5.92 Å². The van der Waals surface area contributed by atoms with E-state index in [2.05, 4.69) is 13.8 Å². The molecule has 3 nitrogen and oxygen atoms in total. The summed E-state index contributed by atoms with van der Waals surface area (Å²) in [5.41, 5.74) is 6.30. The van der Waals surface area contributed by atoms with Gasteiger partial charge in [0, 0.05) is 6.04 Å². The van der Waals surface area contributed by atoms with Gasteiger partial charge >= 0.3 is 5.97 Å². The van der Waals surface area contributed by atoms with Gasteiger partial charge < -0.3 is 10.8 Å². The topological polar surface area (TPSA) is 63.3 Å². The highest BCUT2D eigenvalue weighted by Crippen LogP contribution is 2.54. The molecule has 0 aromatic rings. The number of carbonyl (C=O) groups is 1. The highest BCUT2D eigenvalue weighted by atomic mass is 16.4. The van der Waals surface area contributed by atoms with E-state index in [0.29, 0.717) is 11.8 Å². The molecule has 80 valence electrons. The van der Waals surface area contributed by atoms with Crippen molar-refractivity contribution >= 4 is 5.97 Å². The van der Waals surface area contributed by atoms with Gasteiger partial charge in [-0.1, -0.05) is 13.8 Å². The van der Waals surface area contributed by atoms with Gasteiger partial charge in [0.1, 0.15) is 0 Å². The van der Waals surface area contributed by atoms with Gasteiger partial charge in [-0.2, -0.15) is 0 Å². The summed E-state index contributed by atoms with van der Waals surface area (Å²) in [6, 6.07) is 0.222. The Labute approximate surface area is 84.7 Å². The first kappa shape index (κ1) is 9.97. The molecule has 2 saturated carbocycles. The van der Waals surface area contributed by atoms with Crippen molar-refractivity contribution < 1.29 is 9.90 Å². The van der Waals surface area contributed by atoms with Gasteiger partial charge in [-0.3, -0.25) is 4.79 Å². The van der Waals surface area contributed by atoms with Crippen LogP contribution in [-0.4, -0.2) is 17.1 Å². The Kier molecular flexibility index (Phi) is 2.11. The molecular weight excluding hydrogens is 178 g/mol. The molecule has 2 aliphatic carbocycles. The van der Waals surface area contributed by atoms with Crippen molar-refractivity contribution in [1.29, 1.82) is 0 Å². The van der Waals surface area contributed by atoms with E-state index in [1.165, 1.54) is 0 Å². The minimum Gasteiger partial charge on any atom is -0.481 e. The van der Waals surface area contributed by atoms with Crippen molar-refractivity contribution in [3.8, 4) is 0 Å². The quantitative estimate of drug-likeness (QED) is 0.669. The van der Waals surface area contributed by atoms with Crippen LogP contribution in [0.15, 0.2) is 0 Å². The average Bonchev–Trinajstić information content (AvgIpc) is 1.94. The fourth-order valence-electron chi connectivity index (χ4n) is 3.33. The van der Waals surface area contributed by atoms with Crippen molar-refractivity contribution in [2.75, 3.05) is 0 Å². The summed E-state index contributed by atoms with van der Waals surface area (Å²) in [5, 5.41) is 8.99. The molecule has 4 atom stereocenters. The second kappa shape index (κ2) is 2.96. The number of hydrogen-bond acceptors (Lipinski definition) is 2. The maximum absolute atomic E-state index is 10.9. The Morgan fingerprint density at radius 2 is 2.00 bits per heavy atom. The van der Waals surface area contributed by atoms with Crippen molar-refractivity contribution in [3.05, 3.63) is 0 Å². The zero-order chi connectivity index (χ0) is 10.5. The number of hydrogen-bond donors (Lipinski definition) is 2. The number of carboxylic acid groups (broad SMARTS) is 1. The third kappa shape index (κ3) is 1.44. The summed E-state index contributed by atoms with van der Waals surface area (Å²) in [5.74, 6) is 0.0668.